The minimum Gasteiger partial charge on any atom is -0.506 e. The van der Waals surface area contributed by atoms with Gasteiger partial charge in [0.25, 0.3) is 0 Å². The molecule has 0 aliphatic rings. The molecule has 3 rings (SSSR count). The van der Waals surface area contributed by atoms with E-state index >= 15 is 0 Å². The Bertz CT molecular complexity index is 766. The van der Waals surface area contributed by atoms with Gasteiger partial charge in [-0.15, -0.1) is 0 Å². The van der Waals surface area contributed by atoms with Crippen LogP contribution in [0.15, 0.2) is 54.7 Å². The molecule has 2 aromatic carbocycles. The quantitative estimate of drug-likeness (QED) is 0.708. The first kappa shape index (κ1) is 11.4. The lowest BCUT2D eigenvalue weighted by molar-refractivity contribution is 0.112. The molecule has 19 heavy (non-hydrogen) atoms. The summed E-state index contributed by atoms with van der Waals surface area (Å²) >= 11 is 0. The van der Waals surface area contributed by atoms with Gasteiger partial charge in [-0.05, 0) is 35.4 Å². The lowest BCUT2D eigenvalue weighted by atomic mass is 9.99. The average Bonchev–Trinajstić information content (AvgIpc) is 2.48. The highest BCUT2D eigenvalue weighted by Crippen LogP contribution is 2.32. The number of pyridine rings is 1. The second-order valence-corrected chi connectivity index (χ2v) is 4.28. The lowest BCUT2D eigenvalue weighted by Crippen LogP contribution is -1.86. The topological polar surface area (TPSA) is 50.2 Å². The van der Waals surface area contributed by atoms with Crippen LogP contribution in [-0.4, -0.2) is 16.4 Å². The Morgan fingerprint density at radius 1 is 1.05 bits per heavy atom. The number of benzene rings is 2. The summed E-state index contributed by atoms with van der Waals surface area (Å²) in [5.41, 5.74) is 3.08. The number of hydrogen-bond donors (Lipinski definition) is 1. The molecule has 92 valence electrons. The van der Waals surface area contributed by atoms with Gasteiger partial charge in [0, 0.05) is 17.1 Å². The molecule has 0 bridgehead atoms. The molecule has 3 nitrogen and oxygen atoms in total. The SMILES string of the molecule is O=Cc1cccc(-c2ccc(O)c3ncccc23)c1. The zero-order chi connectivity index (χ0) is 13.2. The van der Waals surface area contributed by atoms with Gasteiger partial charge in [0.1, 0.15) is 17.6 Å². The number of phenolic OH excluding ortho intramolecular Hbond substituents is 1. The molecule has 1 heterocycles. The van der Waals surface area contributed by atoms with Crippen LogP contribution in [0.5, 0.6) is 5.75 Å². The summed E-state index contributed by atoms with van der Waals surface area (Å²) in [6.07, 6.45) is 2.47. The van der Waals surface area contributed by atoms with Gasteiger partial charge in [-0.2, -0.15) is 0 Å². The first-order valence-electron chi connectivity index (χ1n) is 5.92. The normalized spacial score (nSPS) is 10.5. The number of phenols is 1. The molecule has 0 radical (unpaired) electrons. The predicted molar refractivity (Wildman–Crippen MR) is 74.2 cm³/mol. The van der Waals surface area contributed by atoms with Gasteiger partial charge in [-0.1, -0.05) is 24.3 Å². The predicted octanol–water partition coefficient (Wildman–Crippen LogP) is 3.42. The minimum absolute atomic E-state index is 0.158. The molecule has 0 aliphatic carbocycles. The van der Waals surface area contributed by atoms with Crippen molar-refractivity contribution in [2.45, 2.75) is 0 Å². The zero-order valence-corrected chi connectivity index (χ0v) is 10.1. The zero-order valence-electron chi connectivity index (χ0n) is 10.1. The maximum atomic E-state index is 10.9. The summed E-state index contributed by atoms with van der Waals surface area (Å²) < 4.78 is 0. The van der Waals surface area contributed by atoms with Gasteiger partial charge < -0.3 is 5.11 Å². The van der Waals surface area contributed by atoms with Gasteiger partial charge in [0.2, 0.25) is 0 Å². The van der Waals surface area contributed by atoms with Crippen molar-refractivity contribution in [3.05, 3.63) is 60.3 Å². The van der Waals surface area contributed by atoms with Crippen LogP contribution in [-0.2, 0) is 0 Å². The van der Waals surface area contributed by atoms with Crippen LogP contribution in [0.1, 0.15) is 10.4 Å². The van der Waals surface area contributed by atoms with Crippen molar-refractivity contribution in [1.29, 1.82) is 0 Å². The number of aldehydes is 1. The molecule has 0 atom stereocenters. The van der Waals surface area contributed by atoms with Gasteiger partial charge >= 0.3 is 0 Å². The molecular formula is C16H11NO2. The molecule has 0 aliphatic heterocycles. The second kappa shape index (κ2) is 4.53. The summed E-state index contributed by atoms with van der Waals surface area (Å²) in [4.78, 5) is 15.0. The van der Waals surface area contributed by atoms with Crippen molar-refractivity contribution in [2.24, 2.45) is 0 Å². The van der Waals surface area contributed by atoms with Gasteiger partial charge in [-0.3, -0.25) is 9.78 Å². The van der Waals surface area contributed by atoms with Crippen LogP contribution in [0, 0.1) is 0 Å². The van der Waals surface area contributed by atoms with E-state index in [0.717, 1.165) is 22.8 Å². The summed E-state index contributed by atoms with van der Waals surface area (Å²) in [6.45, 7) is 0. The Kier molecular flexibility index (Phi) is 2.72. The molecule has 3 heteroatoms. The Hall–Kier alpha value is -2.68. The van der Waals surface area contributed by atoms with Crippen LogP contribution >= 0.6 is 0 Å². The smallest absolute Gasteiger partial charge is 0.150 e. The van der Waals surface area contributed by atoms with E-state index in [2.05, 4.69) is 4.98 Å². The Morgan fingerprint density at radius 3 is 2.79 bits per heavy atom. The highest BCUT2D eigenvalue weighted by atomic mass is 16.3. The number of carbonyl (C=O) groups is 1. The van der Waals surface area contributed by atoms with Gasteiger partial charge in [0.15, 0.2) is 0 Å². The van der Waals surface area contributed by atoms with E-state index in [1.807, 2.05) is 36.4 Å². The maximum Gasteiger partial charge on any atom is 0.150 e. The van der Waals surface area contributed by atoms with E-state index in [4.69, 9.17) is 0 Å². The fraction of sp³-hybridized carbons (Fsp3) is 0. The van der Waals surface area contributed by atoms with E-state index in [-0.39, 0.29) is 5.75 Å². The molecule has 0 saturated heterocycles. The summed E-state index contributed by atoms with van der Waals surface area (Å²) in [5, 5.41) is 10.7. The largest absolute Gasteiger partial charge is 0.506 e. The van der Waals surface area contributed by atoms with Crippen molar-refractivity contribution in [2.75, 3.05) is 0 Å². The minimum atomic E-state index is 0.158. The van der Waals surface area contributed by atoms with E-state index in [1.54, 1.807) is 18.3 Å². The van der Waals surface area contributed by atoms with Crippen LogP contribution in [0.25, 0.3) is 22.0 Å². The molecule has 0 spiro atoms. The Balaban J connectivity index is 2.30. The summed E-state index contributed by atoms with van der Waals surface area (Å²) in [7, 11) is 0. The van der Waals surface area contributed by atoms with Crippen molar-refractivity contribution in [1.82, 2.24) is 4.98 Å². The van der Waals surface area contributed by atoms with Crippen LogP contribution in [0.3, 0.4) is 0 Å². The number of hydrogen-bond acceptors (Lipinski definition) is 3. The third kappa shape index (κ3) is 1.95. The Morgan fingerprint density at radius 2 is 1.95 bits per heavy atom. The number of aromatic nitrogens is 1. The molecule has 3 aromatic rings. The average molecular weight is 249 g/mol. The van der Waals surface area contributed by atoms with E-state index in [9.17, 15) is 9.90 Å². The summed E-state index contributed by atoms with van der Waals surface area (Å²) in [6, 6.07) is 14.6. The van der Waals surface area contributed by atoms with Gasteiger partial charge in [0.05, 0.1) is 0 Å². The van der Waals surface area contributed by atoms with Crippen LogP contribution in [0.4, 0.5) is 0 Å². The molecule has 0 saturated carbocycles. The van der Waals surface area contributed by atoms with Crippen molar-refractivity contribution >= 4 is 17.2 Å². The second-order valence-electron chi connectivity index (χ2n) is 4.28. The van der Waals surface area contributed by atoms with Gasteiger partial charge in [-0.25, -0.2) is 0 Å². The highest BCUT2D eigenvalue weighted by Gasteiger charge is 2.08. The fourth-order valence-electron chi connectivity index (χ4n) is 2.19. The van der Waals surface area contributed by atoms with Crippen LogP contribution < -0.4 is 0 Å². The summed E-state index contributed by atoms with van der Waals surface area (Å²) in [5.74, 6) is 0.158. The number of fused-ring (bicyclic) bond motifs is 1. The van der Waals surface area contributed by atoms with Crippen molar-refractivity contribution < 1.29 is 9.90 Å². The third-order valence-corrected chi connectivity index (χ3v) is 3.08. The Labute approximate surface area is 110 Å². The van der Waals surface area contributed by atoms with Crippen molar-refractivity contribution in [3.8, 4) is 16.9 Å². The molecular weight excluding hydrogens is 238 g/mol. The number of nitrogens with zero attached hydrogens (tertiary/aromatic N) is 1. The number of aromatic hydroxyl groups is 1. The molecule has 1 N–H and O–H groups in total. The monoisotopic (exact) mass is 249 g/mol. The molecule has 0 fully saturated rings. The fourth-order valence-corrected chi connectivity index (χ4v) is 2.19. The highest BCUT2D eigenvalue weighted by molar-refractivity contribution is 5.98. The molecule has 1 aromatic heterocycles. The van der Waals surface area contributed by atoms with Crippen molar-refractivity contribution in [3.63, 3.8) is 0 Å². The lowest BCUT2D eigenvalue weighted by Gasteiger charge is -2.08. The molecule has 0 unspecified atom stereocenters. The number of carbonyl (C=O) groups excluding carboxylic acids is 1. The molecule has 0 amide bonds. The maximum absolute atomic E-state index is 10.9. The standard InChI is InChI=1S/C16H11NO2/c18-10-11-3-1-4-12(9-11)13-6-7-15(19)16-14(13)5-2-8-17-16/h1-10,19H. The first-order valence-corrected chi connectivity index (χ1v) is 5.92. The van der Waals surface area contributed by atoms with Crippen LogP contribution in [0.2, 0.25) is 0 Å². The first-order chi connectivity index (χ1) is 9.29. The van der Waals surface area contributed by atoms with E-state index in [0.29, 0.717) is 11.1 Å². The third-order valence-electron chi connectivity index (χ3n) is 3.08. The van der Waals surface area contributed by atoms with E-state index in [1.165, 1.54) is 0 Å². The van der Waals surface area contributed by atoms with E-state index < -0.39 is 0 Å². The number of rotatable bonds is 2.